The van der Waals surface area contributed by atoms with Gasteiger partial charge >= 0.3 is 4.87 Å². The van der Waals surface area contributed by atoms with Crippen LogP contribution in [0.25, 0.3) is 10.2 Å². The van der Waals surface area contributed by atoms with Crippen molar-refractivity contribution < 1.29 is 4.79 Å². The molecule has 4 aromatic rings. The number of carbonyl (C=O) groups is 1. The van der Waals surface area contributed by atoms with E-state index in [1.165, 1.54) is 28.2 Å². The molecule has 0 radical (unpaired) electrons. The fourth-order valence-corrected chi connectivity index (χ4v) is 4.66. The Kier molecular flexibility index (Phi) is 5.57. The maximum absolute atomic E-state index is 12.3. The number of hydrogen-bond acceptors (Lipinski definition) is 5. The van der Waals surface area contributed by atoms with E-state index in [1.54, 1.807) is 22.1 Å². The molecule has 2 heterocycles. The first-order valence-corrected chi connectivity index (χ1v) is 10.7. The lowest BCUT2D eigenvalue weighted by Crippen LogP contribution is -2.26. The largest absolute Gasteiger partial charge is 0.350 e. The Morgan fingerprint density at radius 3 is 2.82 bits per heavy atom. The van der Waals surface area contributed by atoms with E-state index in [0.29, 0.717) is 28.8 Å². The second kappa shape index (κ2) is 8.26. The molecule has 0 bridgehead atoms. The number of nitrogens with zero attached hydrogens (tertiary/aromatic N) is 2. The first kappa shape index (κ1) is 18.9. The summed E-state index contributed by atoms with van der Waals surface area (Å²) in [6.45, 7) is 0.865. The summed E-state index contributed by atoms with van der Waals surface area (Å²) in [5.74, 6) is -0.205. The fraction of sp³-hybridized carbons (Fsp3) is 0.150. The molecule has 1 amide bonds. The van der Waals surface area contributed by atoms with E-state index >= 15 is 0 Å². The van der Waals surface area contributed by atoms with Gasteiger partial charge in [-0.15, -0.1) is 11.3 Å². The molecule has 0 spiro atoms. The topological polar surface area (TPSA) is 64.0 Å². The minimum absolute atomic E-state index is 0.0682. The van der Waals surface area contributed by atoms with Crippen LogP contribution in [0.1, 0.15) is 21.1 Å². The predicted molar refractivity (Wildman–Crippen MR) is 115 cm³/mol. The predicted octanol–water partition coefficient (Wildman–Crippen LogP) is 4.19. The summed E-state index contributed by atoms with van der Waals surface area (Å²) < 4.78 is 2.52. The third-order valence-corrected chi connectivity index (χ3v) is 6.28. The standard InChI is InChI=1S/C20H16ClN3O2S2/c21-14-6-7-17-16(10-14)24(20(26)28-17)11-18-23-15(12-27-18)19(25)22-9-8-13-4-2-1-3-5-13/h1-7,10,12H,8-9,11H2,(H,22,25). The Balaban J connectivity index is 1.43. The highest BCUT2D eigenvalue weighted by atomic mass is 35.5. The van der Waals surface area contributed by atoms with Gasteiger partial charge in [0.25, 0.3) is 5.91 Å². The van der Waals surface area contributed by atoms with Crippen molar-refractivity contribution in [2.45, 2.75) is 13.0 Å². The summed E-state index contributed by atoms with van der Waals surface area (Å²) in [7, 11) is 0. The Morgan fingerprint density at radius 2 is 2.00 bits per heavy atom. The summed E-state index contributed by atoms with van der Waals surface area (Å²) in [5, 5.41) is 5.90. The molecule has 2 aromatic heterocycles. The quantitative estimate of drug-likeness (QED) is 0.499. The molecule has 1 N–H and O–H groups in total. The molecule has 0 fully saturated rings. The van der Waals surface area contributed by atoms with Gasteiger partial charge in [-0.05, 0) is 30.2 Å². The third kappa shape index (κ3) is 4.16. The first-order chi connectivity index (χ1) is 13.6. The van der Waals surface area contributed by atoms with Gasteiger partial charge in [-0.1, -0.05) is 53.3 Å². The Morgan fingerprint density at radius 1 is 1.18 bits per heavy atom. The maximum Gasteiger partial charge on any atom is 0.308 e. The number of aromatic nitrogens is 2. The molecular formula is C20H16ClN3O2S2. The van der Waals surface area contributed by atoms with E-state index in [-0.39, 0.29) is 10.8 Å². The SMILES string of the molecule is O=C(NCCc1ccccc1)c1csc(Cn2c(=O)sc3ccc(Cl)cc32)n1. The zero-order chi connectivity index (χ0) is 19.5. The number of carbonyl (C=O) groups excluding carboxylic acids is 1. The summed E-state index contributed by atoms with van der Waals surface area (Å²) in [4.78, 5) is 29.0. The first-order valence-electron chi connectivity index (χ1n) is 8.65. The lowest BCUT2D eigenvalue weighted by molar-refractivity contribution is 0.0949. The molecule has 2 aromatic carbocycles. The number of hydrogen-bond donors (Lipinski definition) is 1. The molecule has 142 valence electrons. The molecular weight excluding hydrogens is 414 g/mol. The van der Waals surface area contributed by atoms with Crippen molar-refractivity contribution in [1.29, 1.82) is 0 Å². The number of rotatable bonds is 6. The van der Waals surface area contributed by atoms with Gasteiger partial charge < -0.3 is 5.32 Å². The monoisotopic (exact) mass is 429 g/mol. The molecule has 0 aliphatic carbocycles. The van der Waals surface area contributed by atoms with E-state index in [9.17, 15) is 9.59 Å². The average Bonchev–Trinajstić information content (AvgIpc) is 3.28. The van der Waals surface area contributed by atoms with E-state index in [2.05, 4.69) is 10.3 Å². The number of amides is 1. The Hall–Kier alpha value is -2.48. The van der Waals surface area contributed by atoms with Crippen molar-refractivity contribution >= 4 is 50.4 Å². The van der Waals surface area contributed by atoms with Gasteiger partial charge in [0, 0.05) is 16.9 Å². The molecule has 8 heteroatoms. The lowest BCUT2D eigenvalue weighted by atomic mass is 10.1. The van der Waals surface area contributed by atoms with Crippen molar-refractivity contribution in [3.8, 4) is 0 Å². The second-order valence-electron chi connectivity index (χ2n) is 6.18. The van der Waals surface area contributed by atoms with Gasteiger partial charge in [0.05, 0.1) is 16.8 Å². The van der Waals surface area contributed by atoms with Crippen molar-refractivity contribution in [3.63, 3.8) is 0 Å². The number of nitrogens with one attached hydrogen (secondary N) is 1. The highest BCUT2D eigenvalue weighted by molar-refractivity contribution is 7.16. The lowest BCUT2D eigenvalue weighted by Gasteiger charge is -2.03. The van der Waals surface area contributed by atoms with Crippen LogP contribution < -0.4 is 10.2 Å². The van der Waals surface area contributed by atoms with Crippen molar-refractivity contribution in [1.82, 2.24) is 14.9 Å². The van der Waals surface area contributed by atoms with Crippen LogP contribution in [0.5, 0.6) is 0 Å². The van der Waals surface area contributed by atoms with Crippen LogP contribution in [0.2, 0.25) is 5.02 Å². The van der Waals surface area contributed by atoms with Gasteiger partial charge in [-0.2, -0.15) is 0 Å². The summed E-state index contributed by atoms with van der Waals surface area (Å²) in [6, 6.07) is 15.4. The van der Waals surface area contributed by atoms with Crippen LogP contribution in [0.4, 0.5) is 0 Å². The number of halogens is 1. The highest BCUT2D eigenvalue weighted by Gasteiger charge is 2.14. The van der Waals surface area contributed by atoms with E-state index in [4.69, 9.17) is 11.6 Å². The van der Waals surface area contributed by atoms with E-state index < -0.39 is 0 Å². The van der Waals surface area contributed by atoms with Gasteiger partial charge in [0.1, 0.15) is 10.7 Å². The van der Waals surface area contributed by atoms with Crippen LogP contribution in [0.15, 0.2) is 58.7 Å². The molecule has 0 saturated carbocycles. The average molecular weight is 430 g/mol. The maximum atomic E-state index is 12.3. The molecule has 28 heavy (non-hydrogen) atoms. The Labute approximate surface area is 174 Å². The van der Waals surface area contributed by atoms with Crippen LogP contribution in [0, 0.1) is 0 Å². The van der Waals surface area contributed by atoms with Gasteiger partial charge in [0.15, 0.2) is 0 Å². The Bertz CT molecular complexity index is 1180. The normalized spacial score (nSPS) is 11.0. The molecule has 0 atom stereocenters. The molecule has 4 rings (SSSR count). The summed E-state index contributed by atoms with van der Waals surface area (Å²) in [6.07, 6.45) is 0.765. The minimum Gasteiger partial charge on any atom is -0.350 e. The summed E-state index contributed by atoms with van der Waals surface area (Å²) in [5.41, 5.74) is 2.33. The summed E-state index contributed by atoms with van der Waals surface area (Å²) >= 11 is 8.61. The van der Waals surface area contributed by atoms with E-state index in [1.807, 2.05) is 36.4 Å². The molecule has 0 aliphatic heterocycles. The number of thiazole rings is 2. The van der Waals surface area contributed by atoms with Crippen molar-refractivity contribution in [3.05, 3.63) is 84.9 Å². The van der Waals surface area contributed by atoms with Crippen LogP contribution in [-0.4, -0.2) is 22.0 Å². The zero-order valence-electron chi connectivity index (χ0n) is 14.7. The smallest absolute Gasteiger partial charge is 0.308 e. The van der Waals surface area contributed by atoms with Crippen LogP contribution in [-0.2, 0) is 13.0 Å². The minimum atomic E-state index is -0.205. The third-order valence-electron chi connectivity index (χ3n) is 4.25. The number of benzene rings is 2. The molecule has 0 aliphatic rings. The van der Waals surface area contributed by atoms with Crippen LogP contribution in [0.3, 0.4) is 0 Å². The van der Waals surface area contributed by atoms with Gasteiger partial charge in [-0.25, -0.2) is 4.98 Å². The zero-order valence-corrected chi connectivity index (χ0v) is 17.1. The molecule has 0 unspecified atom stereocenters. The molecule has 5 nitrogen and oxygen atoms in total. The van der Waals surface area contributed by atoms with E-state index in [0.717, 1.165) is 16.6 Å². The van der Waals surface area contributed by atoms with Gasteiger partial charge in [0.2, 0.25) is 0 Å². The number of fused-ring (bicyclic) bond motifs is 1. The fourth-order valence-electron chi connectivity index (χ4n) is 2.86. The highest BCUT2D eigenvalue weighted by Crippen LogP contribution is 2.23. The second-order valence-corrected chi connectivity index (χ2v) is 8.56. The van der Waals surface area contributed by atoms with Crippen LogP contribution >= 0.6 is 34.3 Å². The molecule has 0 saturated heterocycles. The van der Waals surface area contributed by atoms with Crippen molar-refractivity contribution in [2.75, 3.05) is 6.54 Å². The van der Waals surface area contributed by atoms with Crippen molar-refractivity contribution in [2.24, 2.45) is 0 Å². The van der Waals surface area contributed by atoms with Gasteiger partial charge in [-0.3, -0.25) is 14.2 Å².